The quantitative estimate of drug-likeness (QED) is 0.223. The summed E-state index contributed by atoms with van der Waals surface area (Å²) in [6.07, 6.45) is 0. The molecule has 1 amide bonds. The molecule has 36 heavy (non-hydrogen) atoms. The molecule has 0 aromatic heterocycles. The fourth-order valence-corrected chi connectivity index (χ4v) is 4.69. The van der Waals surface area contributed by atoms with Gasteiger partial charge in [-0.05, 0) is 65.4 Å². The van der Waals surface area contributed by atoms with E-state index in [-0.39, 0.29) is 16.7 Å². The number of nitrogens with zero attached hydrogens (tertiary/aromatic N) is 2. The number of hydrogen-bond acceptors (Lipinski definition) is 4. The molecule has 1 aliphatic heterocycles. The number of hydrogen-bond donors (Lipinski definition) is 1. The van der Waals surface area contributed by atoms with E-state index in [1.165, 1.54) is 4.90 Å². The van der Waals surface area contributed by atoms with Crippen LogP contribution >= 0.6 is 15.9 Å². The lowest BCUT2D eigenvalue weighted by Crippen LogP contribution is -2.29. The van der Waals surface area contributed by atoms with Gasteiger partial charge in [0.15, 0.2) is 0 Å². The molecule has 0 saturated carbocycles. The molecule has 1 heterocycles. The van der Waals surface area contributed by atoms with E-state index < -0.39 is 17.7 Å². The van der Waals surface area contributed by atoms with Crippen molar-refractivity contribution < 1.29 is 14.7 Å². The van der Waals surface area contributed by atoms with Crippen molar-refractivity contribution >= 4 is 44.8 Å². The Morgan fingerprint density at radius 3 is 2.08 bits per heavy atom. The Hall–Kier alpha value is -3.38. The van der Waals surface area contributed by atoms with Gasteiger partial charge in [0.05, 0.1) is 11.6 Å². The minimum Gasteiger partial charge on any atom is -0.507 e. The molecule has 1 atom stereocenters. The summed E-state index contributed by atoms with van der Waals surface area (Å²) in [6, 6.07) is 20.0. The average molecular weight is 547 g/mol. The number of carbonyl (C=O) groups excluding carboxylic acids is 2. The molecule has 0 radical (unpaired) electrons. The Balaban J connectivity index is 1.91. The van der Waals surface area contributed by atoms with Crippen LogP contribution in [-0.2, 0) is 15.0 Å². The Morgan fingerprint density at radius 2 is 1.56 bits per heavy atom. The Kier molecular flexibility index (Phi) is 6.84. The van der Waals surface area contributed by atoms with Gasteiger partial charge in [-0.1, -0.05) is 67.0 Å². The minimum atomic E-state index is -0.759. The molecule has 3 aromatic rings. The lowest BCUT2D eigenvalue weighted by Gasteiger charge is -2.27. The SMILES string of the molecule is Cc1cc(/C(O)=C2/C(=O)C(=O)N(c3ccc(C(C)(C)C)cc3)C2c2ccc(N(C)C)cc2)ccc1Br. The average Bonchev–Trinajstić information content (AvgIpc) is 3.10. The molecule has 3 aromatic carbocycles. The first kappa shape index (κ1) is 25.7. The minimum absolute atomic E-state index is 0.0481. The third-order valence-electron chi connectivity index (χ3n) is 6.61. The largest absolute Gasteiger partial charge is 0.507 e. The summed E-state index contributed by atoms with van der Waals surface area (Å²) in [5.74, 6) is -1.54. The van der Waals surface area contributed by atoms with E-state index in [0.717, 1.165) is 26.9 Å². The van der Waals surface area contributed by atoms with Crippen molar-refractivity contribution in [1.29, 1.82) is 0 Å². The normalized spacial score (nSPS) is 17.5. The smallest absolute Gasteiger partial charge is 0.300 e. The van der Waals surface area contributed by atoms with Crippen molar-refractivity contribution in [1.82, 2.24) is 0 Å². The van der Waals surface area contributed by atoms with Crippen LogP contribution in [0, 0.1) is 6.92 Å². The van der Waals surface area contributed by atoms with Crippen LogP contribution in [0.4, 0.5) is 11.4 Å². The number of aryl methyl sites for hydroxylation is 1. The third kappa shape index (κ3) is 4.70. The molecule has 1 N–H and O–H groups in total. The first-order valence-electron chi connectivity index (χ1n) is 11.9. The molecule has 1 saturated heterocycles. The van der Waals surface area contributed by atoms with Crippen molar-refractivity contribution in [3.8, 4) is 0 Å². The fourth-order valence-electron chi connectivity index (χ4n) is 4.44. The van der Waals surface area contributed by atoms with Crippen molar-refractivity contribution in [2.75, 3.05) is 23.9 Å². The zero-order chi connectivity index (χ0) is 26.4. The maximum Gasteiger partial charge on any atom is 0.300 e. The summed E-state index contributed by atoms with van der Waals surface area (Å²) in [5.41, 5.74) is 4.92. The number of aliphatic hydroxyl groups excluding tert-OH is 1. The lowest BCUT2D eigenvalue weighted by molar-refractivity contribution is -0.132. The topological polar surface area (TPSA) is 60.9 Å². The second-order valence-electron chi connectivity index (χ2n) is 10.4. The summed E-state index contributed by atoms with van der Waals surface area (Å²) in [7, 11) is 3.90. The number of Topliss-reactive ketones (excluding diaryl/α,β-unsaturated/α-hetero) is 1. The predicted octanol–water partition coefficient (Wildman–Crippen LogP) is 6.75. The van der Waals surface area contributed by atoms with Gasteiger partial charge in [0, 0.05) is 35.5 Å². The van der Waals surface area contributed by atoms with Crippen LogP contribution < -0.4 is 9.80 Å². The van der Waals surface area contributed by atoms with Crippen LogP contribution in [0.3, 0.4) is 0 Å². The molecule has 0 bridgehead atoms. The predicted molar refractivity (Wildman–Crippen MR) is 150 cm³/mol. The van der Waals surface area contributed by atoms with Crippen LogP contribution in [0.2, 0.25) is 0 Å². The number of anilines is 2. The summed E-state index contributed by atoms with van der Waals surface area (Å²) >= 11 is 3.48. The second kappa shape index (κ2) is 9.58. The van der Waals surface area contributed by atoms with Gasteiger partial charge in [-0.2, -0.15) is 0 Å². The monoisotopic (exact) mass is 546 g/mol. The van der Waals surface area contributed by atoms with Gasteiger partial charge in [0.25, 0.3) is 11.7 Å². The van der Waals surface area contributed by atoms with E-state index >= 15 is 0 Å². The van der Waals surface area contributed by atoms with Crippen LogP contribution in [0.5, 0.6) is 0 Å². The Bertz CT molecular complexity index is 1350. The highest BCUT2D eigenvalue weighted by atomic mass is 79.9. The molecule has 186 valence electrons. The van der Waals surface area contributed by atoms with E-state index in [9.17, 15) is 14.7 Å². The summed E-state index contributed by atoms with van der Waals surface area (Å²) in [5, 5.41) is 11.4. The van der Waals surface area contributed by atoms with Crippen molar-refractivity contribution in [3.05, 3.63) is 99.0 Å². The molecule has 0 aliphatic carbocycles. The summed E-state index contributed by atoms with van der Waals surface area (Å²) in [6.45, 7) is 8.29. The second-order valence-corrected chi connectivity index (χ2v) is 11.3. The molecule has 5 nitrogen and oxygen atoms in total. The van der Waals surface area contributed by atoms with Gasteiger partial charge >= 0.3 is 0 Å². The highest BCUT2D eigenvalue weighted by Gasteiger charge is 2.47. The number of rotatable bonds is 4. The third-order valence-corrected chi connectivity index (χ3v) is 7.50. The maximum absolute atomic E-state index is 13.4. The van der Waals surface area contributed by atoms with Gasteiger partial charge in [-0.15, -0.1) is 0 Å². The number of amides is 1. The maximum atomic E-state index is 13.4. The molecule has 6 heteroatoms. The molecule has 4 rings (SSSR count). The fraction of sp³-hybridized carbons (Fsp3) is 0.267. The highest BCUT2D eigenvalue weighted by Crippen LogP contribution is 2.43. The Labute approximate surface area is 221 Å². The number of carbonyl (C=O) groups is 2. The zero-order valence-corrected chi connectivity index (χ0v) is 23.1. The number of benzene rings is 3. The van der Waals surface area contributed by atoms with E-state index in [1.807, 2.05) is 80.5 Å². The van der Waals surface area contributed by atoms with Crippen LogP contribution in [0.1, 0.15) is 49.1 Å². The number of aliphatic hydroxyl groups is 1. The molecule has 1 fully saturated rings. The molecule has 0 spiro atoms. The van der Waals surface area contributed by atoms with Gasteiger partial charge in [-0.3, -0.25) is 14.5 Å². The van der Waals surface area contributed by atoms with Crippen molar-refractivity contribution in [2.45, 2.75) is 39.2 Å². The van der Waals surface area contributed by atoms with E-state index in [1.54, 1.807) is 12.1 Å². The first-order valence-corrected chi connectivity index (χ1v) is 12.6. The van der Waals surface area contributed by atoms with Gasteiger partial charge in [0.2, 0.25) is 0 Å². The lowest BCUT2D eigenvalue weighted by atomic mass is 9.87. The van der Waals surface area contributed by atoms with Crippen molar-refractivity contribution in [3.63, 3.8) is 0 Å². The highest BCUT2D eigenvalue weighted by molar-refractivity contribution is 9.10. The first-order chi connectivity index (χ1) is 16.9. The van der Waals surface area contributed by atoms with Crippen LogP contribution in [-0.4, -0.2) is 30.9 Å². The van der Waals surface area contributed by atoms with Crippen LogP contribution in [0.25, 0.3) is 5.76 Å². The van der Waals surface area contributed by atoms with E-state index in [2.05, 4.69) is 36.7 Å². The molecule has 1 aliphatic rings. The zero-order valence-electron chi connectivity index (χ0n) is 21.5. The molecular formula is C30H31BrN2O3. The van der Waals surface area contributed by atoms with E-state index in [0.29, 0.717) is 11.3 Å². The van der Waals surface area contributed by atoms with Gasteiger partial charge < -0.3 is 10.0 Å². The van der Waals surface area contributed by atoms with Crippen molar-refractivity contribution in [2.24, 2.45) is 0 Å². The molecular weight excluding hydrogens is 516 g/mol. The standard InChI is InChI=1S/C30H31BrN2O3/c1-18-17-20(9-16-24(18)31)27(34)25-26(19-7-12-22(13-8-19)32(5)6)33(29(36)28(25)35)23-14-10-21(11-15-23)30(2,3)4/h7-17,26,34H,1-6H3/b27-25-. The summed E-state index contributed by atoms with van der Waals surface area (Å²) in [4.78, 5) is 30.3. The Morgan fingerprint density at radius 1 is 0.944 bits per heavy atom. The van der Waals surface area contributed by atoms with Gasteiger partial charge in [0.1, 0.15) is 5.76 Å². The van der Waals surface area contributed by atoms with E-state index in [4.69, 9.17) is 0 Å². The van der Waals surface area contributed by atoms with Gasteiger partial charge in [-0.25, -0.2) is 0 Å². The van der Waals surface area contributed by atoms with Crippen LogP contribution in [0.15, 0.2) is 76.8 Å². The number of ketones is 1. The number of halogens is 1. The summed E-state index contributed by atoms with van der Waals surface area (Å²) < 4.78 is 0.897. The molecule has 1 unspecified atom stereocenters.